The third kappa shape index (κ3) is 7.64. The summed E-state index contributed by atoms with van der Waals surface area (Å²) < 4.78 is 19.4. The molecule has 0 radical (unpaired) electrons. The molecule has 56 heavy (non-hydrogen) atoms. The predicted octanol–water partition coefficient (Wildman–Crippen LogP) is 5.39. The van der Waals surface area contributed by atoms with Crippen molar-refractivity contribution in [2.45, 2.75) is 43.9 Å². The number of benzene rings is 2. The Morgan fingerprint density at radius 3 is 2.38 bits per heavy atom. The summed E-state index contributed by atoms with van der Waals surface area (Å²) in [4.78, 5) is 47.1. The van der Waals surface area contributed by atoms with Crippen molar-refractivity contribution < 1.29 is 24.1 Å². The van der Waals surface area contributed by atoms with Gasteiger partial charge >= 0.3 is 0 Å². The van der Waals surface area contributed by atoms with Crippen molar-refractivity contribution in [3.8, 4) is 33.6 Å². The number of aromatic nitrogens is 5. The van der Waals surface area contributed by atoms with E-state index in [1.165, 1.54) is 10.9 Å². The van der Waals surface area contributed by atoms with E-state index in [2.05, 4.69) is 32.0 Å². The Morgan fingerprint density at radius 2 is 1.68 bits per heavy atom. The van der Waals surface area contributed by atoms with Crippen LogP contribution < -0.4 is 19.8 Å². The first-order valence-electron chi connectivity index (χ1n) is 18.8. The highest BCUT2D eigenvalue weighted by Gasteiger charge is 2.41. The number of carbonyl (C=O) groups excluding carboxylic acids is 1. The number of thiazole rings is 1. The first kappa shape index (κ1) is 37.4. The van der Waals surface area contributed by atoms with E-state index >= 15 is 0 Å². The molecule has 290 valence electrons. The highest BCUT2D eigenvalue weighted by molar-refractivity contribution is 7.15. The highest BCUT2D eigenvalue weighted by atomic mass is 32.1. The second kappa shape index (κ2) is 15.9. The number of methoxy groups -OCH3 is 3. The van der Waals surface area contributed by atoms with Gasteiger partial charge in [-0.15, -0.1) is 11.3 Å². The molecule has 0 unspecified atom stereocenters. The van der Waals surface area contributed by atoms with Gasteiger partial charge in [0.2, 0.25) is 11.8 Å². The van der Waals surface area contributed by atoms with Gasteiger partial charge < -0.3 is 28.8 Å². The van der Waals surface area contributed by atoms with Crippen LogP contribution in [-0.2, 0) is 17.9 Å². The number of rotatable bonds is 11. The molecule has 2 aliphatic rings. The van der Waals surface area contributed by atoms with Crippen LogP contribution in [0.2, 0.25) is 0 Å². The van der Waals surface area contributed by atoms with Crippen LogP contribution >= 0.6 is 11.3 Å². The minimum atomic E-state index is -1.16. The molecule has 0 bridgehead atoms. The molecule has 2 fully saturated rings. The zero-order valence-corrected chi connectivity index (χ0v) is 32.5. The van der Waals surface area contributed by atoms with Gasteiger partial charge in [-0.1, -0.05) is 30.3 Å². The Labute approximate surface area is 328 Å². The number of fused-ring (bicyclic) bond motifs is 1. The van der Waals surface area contributed by atoms with E-state index in [-0.39, 0.29) is 29.8 Å². The van der Waals surface area contributed by atoms with Crippen molar-refractivity contribution in [1.29, 1.82) is 0 Å². The monoisotopic (exact) mass is 775 g/mol. The first-order chi connectivity index (χ1) is 27.2. The Kier molecular flexibility index (Phi) is 10.6. The van der Waals surface area contributed by atoms with Gasteiger partial charge in [0.05, 0.1) is 44.5 Å². The molecule has 2 aliphatic heterocycles. The molecule has 4 aromatic heterocycles. The lowest BCUT2D eigenvalue weighted by Crippen LogP contribution is -2.53. The summed E-state index contributed by atoms with van der Waals surface area (Å²) >= 11 is 1.66. The number of hydrogen-bond acceptors (Lipinski definition) is 11. The van der Waals surface area contributed by atoms with E-state index in [9.17, 15) is 14.7 Å². The van der Waals surface area contributed by atoms with Crippen molar-refractivity contribution >= 4 is 28.3 Å². The highest BCUT2D eigenvalue weighted by Crippen LogP contribution is 2.37. The molecule has 14 heteroatoms. The molecule has 8 rings (SSSR count). The SMILES string of the molecule is COc1cc(OC)cc(-n2ccc3c(=O)n(CC4(O)CCN(C(=O)[C@@H]5CCN(Cc6cnc(-c7ccc(OC)nc7)s6)C[C@H]5c5ccccc5)CC4)cnc32)c1. The largest absolute Gasteiger partial charge is 0.497 e. The van der Waals surface area contributed by atoms with Crippen LogP contribution in [0.1, 0.15) is 35.6 Å². The fourth-order valence-corrected chi connectivity index (χ4v) is 8.96. The summed E-state index contributed by atoms with van der Waals surface area (Å²) in [5.41, 5.74) is 1.95. The van der Waals surface area contributed by atoms with Crippen LogP contribution in [0.3, 0.4) is 0 Å². The quantitative estimate of drug-likeness (QED) is 0.183. The van der Waals surface area contributed by atoms with Gasteiger partial charge in [-0.2, -0.15) is 0 Å². The van der Waals surface area contributed by atoms with E-state index < -0.39 is 5.60 Å². The van der Waals surface area contributed by atoms with Crippen molar-refractivity contribution in [3.63, 3.8) is 0 Å². The van der Waals surface area contributed by atoms with Crippen molar-refractivity contribution in [3.05, 3.63) is 112 Å². The number of amides is 1. The molecule has 1 amide bonds. The smallest absolute Gasteiger partial charge is 0.262 e. The van der Waals surface area contributed by atoms with E-state index in [0.29, 0.717) is 54.3 Å². The van der Waals surface area contributed by atoms with Crippen LogP contribution in [0.25, 0.3) is 27.3 Å². The maximum atomic E-state index is 14.3. The number of likely N-dealkylation sites (tertiary alicyclic amines) is 2. The molecule has 0 spiro atoms. The van der Waals surface area contributed by atoms with Gasteiger partial charge in [0.15, 0.2) is 5.65 Å². The number of pyridine rings is 1. The topological polar surface area (TPSA) is 137 Å². The van der Waals surface area contributed by atoms with Gasteiger partial charge in [-0.3, -0.25) is 19.1 Å². The number of aliphatic hydroxyl groups is 1. The Bertz CT molecular complexity index is 2350. The van der Waals surface area contributed by atoms with Crippen molar-refractivity contribution in [2.24, 2.45) is 5.92 Å². The number of piperidine rings is 2. The lowest BCUT2D eigenvalue weighted by molar-refractivity contribution is -0.142. The van der Waals surface area contributed by atoms with Gasteiger partial charge in [0, 0.05) is 91.3 Å². The number of nitrogens with zero attached hydrogens (tertiary/aromatic N) is 7. The standard InChI is InChI=1S/C42H45N7O6S/c1-53-31-19-30(20-32(21-31)54-2)49-16-12-35-38(49)45-27-48(41(35)51)26-42(52)13-17-47(18-14-42)40(50)34-11-15-46(25-36(34)28-7-5-4-6-8-28)24-33-23-44-39(56-33)29-9-10-37(55-3)43-22-29/h4-10,12,16,19-23,27,34,36,52H,11,13-15,17-18,24-26H2,1-3H3/t34-,36+/m1/s1. The lowest BCUT2D eigenvalue weighted by atomic mass is 9.79. The lowest BCUT2D eigenvalue weighted by Gasteiger charge is -2.43. The Morgan fingerprint density at radius 1 is 0.911 bits per heavy atom. The predicted molar refractivity (Wildman–Crippen MR) is 214 cm³/mol. The number of ether oxygens (including phenoxy) is 3. The average molecular weight is 776 g/mol. The molecule has 6 aromatic rings. The van der Waals surface area contributed by atoms with Crippen LogP contribution in [0.5, 0.6) is 17.4 Å². The maximum Gasteiger partial charge on any atom is 0.262 e. The second-order valence-corrected chi connectivity index (χ2v) is 15.7. The summed E-state index contributed by atoms with van der Waals surface area (Å²) in [5, 5.41) is 13.1. The molecule has 2 aromatic carbocycles. The minimum absolute atomic E-state index is 0.0261. The van der Waals surface area contributed by atoms with Crippen molar-refractivity contribution in [2.75, 3.05) is 47.5 Å². The normalized spacial score (nSPS) is 18.5. The molecule has 0 aliphatic carbocycles. The summed E-state index contributed by atoms with van der Waals surface area (Å²) in [6.45, 7) is 3.22. The molecule has 2 atom stereocenters. The van der Waals surface area contributed by atoms with Crippen LogP contribution in [0.15, 0.2) is 96.4 Å². The van der Waals surface area contributed by atoms with Crippen LogP contribution in [0, 0.1) is 5.92 Å². The number of carbonyl (C=O) groups is 1. The summed E-state index contributed by atoms with van der Waals surface area (Å²) in [6.07, 6.45) is 8.46. The molecule has 6 heterocycles. The summed E-state index contributed by atoms with van der Waals surface area (Å²) in [5.74, 6) is 1.78. The zero-order chi connectivity index (χ0) is 38.8. The van der Waals surface area contributed by atoms with E-state index in [0.717, 1.165) is 52.8 Å². The van der Waals surface area contributed by atoms with E-state index in [1.807, 2.05) is 58.1 Å². The first-order valence-corrected chi connectivity index (χ1v) is 19.6. The molecule has 0 saturated carbocycles. The van der Waals surface area contributed by atoms with Crippen LogP contribution in [0.4, 0.5) is 0 Å². The fraction of sp³-hybridized carbons (Fsp3) is 0.357. The summed E-state index contributed by atoms with van der Waals surface area (Å²) in [7, 11) is 4.77. The van der Waals surface area contributed by atoms with Crippen LogP contribution in [-0.4, -0.2) is 98.0 Å². The van der Waals surface area contributed by atoms with Gasteiger partial charge in [0.1, 0.15) is 22.8 Å². The Balaban J connectivity index is 0.926. The molecule has 2 saturated heterocycles. The van der Waals surface area contributed by atoms with E-state index in [4.69, 9.17) is 14.2 Å². The van der Waals surface area contributed by atoms with Gasteiger partial charge in [-0.05, 0) is 43.5 Å². The average Bonchev–Trinajstić information content (AvgIpc) is 3.90. The Hall–Kier alpha value is -5.57. The van der Waals surface area contributed by atoms with E-state index in [1.54, 1.807) is 57.2 Å². The second-order valence-electron chi connectivity index (χ2n) is 14.6. The maximum absolute atomic E-state index is 14.3. The van der Waals surface area contributed by atoms with Gasteiger partial charge in [0.25, 0.3) is 5.56 Å². The molecule has 1 N–H and O–H groups in total. The zero-order valence-electron chi connectivity index (χ0n) is 31.7. The molecular formula is C42H45N7O6S. The third-order valence-corrected chi connectivity index (χ3v) is 12.2. The third-order valence-electron chi connectivity index (χ3n) is 11.1. The fourth-order valence-electron chi connectivity index (χ4n) is 8.02. The molecule has 13 nitrogen and oxygen atoms in total. The summed E-state index contributed by atoms with van der Waals surface area (Å²) in [6, 6.07) is 21.3. The number of hydrogen-bond donors (Lipinski definition) is 1. The van der Waals surface area contributed by atoms with Gasteiger partial charge in [-0.25, -0.2) is 15.0 Å². The van der Waals surface area contributed by atoms with Crippen molar-refractivity contribution in [1.82, 2.24) is 33.9 Å². The minimum Gasteiger partial charge on any atom is -0.497 e. The molecular weight excluding hydrogens is 731 g/mol.